The van der Waals surface area contributed by atoms with E-state index in [1.54, 1.807) is 18.5 Å². The fourth-order valence-corrected chi connectivity index (χ4v) is 2.03. The van der Waals surface area contributed by atoms with E-state index in [0.29, 0.717) is 12.0 Å². The van der Waals surface area contributed by atoms with Crippen LogP contribution in [0.1, 0.15) is 17.2 Å². The van der Waals surface area contributed by atoms with Crippen LogP contribution in [0, 0.1) is 5.82 Å². The van der Waals surface area contributed by atoms with Gasteiger partial charge < -0.3 is 5.73 Å². The minimum atomic E-state index is -0.394. The van der Waals surface area contributed by atoms with Gasteiger partial charge >= 0.3 is 0 Å². The van der Waals surface area contributed by atoms with Crippen molar-refractivity contribution in [3.63, 3.8) is 0 Å². The number of hydrogen-bond donors (Lipinski definition) is 1. The molecule has 0 aliphatic carbocycles. The van der Waals surface area contributed by atoms with Crippen LogP contribution in [0.15, 0.2) is 41.4 Å². The number of nitrogens with zero attached hydrogens (tertiary/aromatic N) is 2. The van der Waals surface area contributed by atoms with Crippen LogP contribution in [0.5, 0.6) is 0 Å². The molecule has 0 radical (unpaired) electrons. The quantitative estimate of drug-likeness (QED) is 0.947. The van der Waals surface area contributed by atoms with Gasteiger partial charge in [0, 0.05) is 34.7 Å². The lowest BCUT2D eigenvalue weighted by Crippen LogP contribution is -2.15. The number of hydrogen-bond acceptors (Lipinski definition) is 3. The molecular weight excluding hydrogens is 285 g/mol. The molecule has 2 aromatic rings. The van der Waals surface area contributed by atoms with Gasteiger partial charge in [0.2, 0.25) is 0 Å². The van der Waals surface area contributed by atoms with Crippen molar-refractivity contribution in [3.05, 3.63) is 58.3 Å². The summed E-state index contributed by atoms with van der Waals surface area (Å²) in [5.41, 5.74) is 7.40. The second kappa shape index (κ2) is 5.33. The Kier molecular flexibility index (Phi) is 3.81. The summed E-state index contributed by atoms with van der Waals surface area (Å²) in [6.45, 7) is 0. The number of nitrogens with two attached hydrogens (primary N) is 1. The number of rotatable bonds is 3. The Hall–Kier alpha value is -1.33. The lowest BCUT2D eigenvalue weighted by molar-refractivity contribution is 0.574. The maximum Gasteiger partial charge on any atom is 0.146 e. The molecular formula is C12H11BrFN3. The summed E-state index contributed by atoms with van der Waals surface area (Å²) in [4.78, 5) is 7.74. The van der Waals surface area contributed by atoms with E-state index < -0.39 is 6.04 Å². The van der Waals surface area contributed by atoms with Gasteiger partial charge in [0.15, 0.2) is 0 Å². The number of aromatic nitrogens is 2. The molecule has 0 saturated heterocycles. The van der Waals surface area contributed by atoms with Gasteiger partial charge in [-0.15, -0.1) is 0 Å². The van der Waals surface area contributed by atoms with E-state index in [4.69, 9.17) is 5.73 Å². The normalized spacial score (nSPS) is 12.4. The molecule has 1 atom stereocenters. The third-order valence-corrected chi connectivity index (χ3v) is 2.85. The van der Waals surface area contributed by atoms with E-state index >= 15 is 0 Å². The topological polar surface area (TPSA) is 51.8 Å². The third kappa shape index (κ3) is 3.08. The Morgan fingerprint density at radius 1 is 1.29 bits per heavy atom. The summed E-state index contributed by atoms with van der Waals surface area (Å²) in [6, 6.07) is 3.13. The fourth-order valence-electron chi connectivity index (χ4n) is 1.62. The van der Waals surface area contributed by atoms with Gasteiger partial charge in [0.25, 0.3) is 0 Å². The van der Waals surface area contributed by atoms with Crippen LogP contribution in [-0.2, 0) is 6.42 Å². The SMILES string of the molecule is NC(Cc1cncc(Br)c1)c1ccncc1F. The zero-order chi connectivity index (χ0) is 12.3. The van der Waals surface area contributed by atoms with Crippen molar-refractivity contribution in [3.8, 4) is 0 Å². The molecule has 2 N–H and O–H groups in total. The molecule has 5 heteroatoms. The average molecular weight is 296 g/mol. The second-order valence-corrected chi connectivity index (χ2v) is 4.63. The largest absolute Gasteiger partial charge is 0.324 e. The Balaban J connectivity index is 2.17. The smallest absolute Gasteiger partial charge is 0.146 e. The lowest BCUT2D eigenvalue weighted by Gasteiger charge is -2.12. The molecule has 0 spiro atoms. The third-order valence-electron chi connectivity index (χ3n) is 2.42. The summed E-state index contributed by atoms with van der Waals surface area (Å²) in [6.07, 6.45) is 6.67. The molecule has 0 aliphatic heterocycles. The van der Waals surface area contributed by atoms with Crippen LogP contribution in [-0.4, -0.2) is 9.97 Å². The maximum absolute atomic E-state index is 13.5. The van der Waals surface area contributed by atoms with Crippen molar-refractivity contribution in [2.75, 3.05) is 0 Å². The molecule has 0 saturated carbocycles. The van der Waals surface area contributed by atoms with Crippen molar-refractivity contribution in [1.82, 2.24) is 9.97 Å². The van der Waals surface area contributed by atoms with Crippen molar-refractivity contribution >= 4 is 15.9 Å². The zero-order valence-electron chi connectivity index (χ0n) is 8.98. The lowest BCUT2D eigenvalue weighted by atomic mass is 10.0. The van der Waals surface area contributed by atoms with Crippen LogP contribution in [0.4, 0.5) is 4.39 Å². The summed E-state index contributed by atoms with van der Waals surface area (Å²) in [5, 5.41) is 0. The van der Waals surface area contributed by atoms with Crippen molar-refractivity contribution < 1.29 is 4.39 Å². The van der Waals surface area contributed by atoms with Crippen molar-refractivity contribution in [2.24, 2.45) is 5.73 Å². The molecule has 0 fully saturated rings. The maximum atomic E-state index is 13.5. The first kappa shape index (κ1) is 12.1. The van der Waals surface area contributed by atoms with Gasteiger partial charge in [-0.3, -0.25) is 9.97 Å². The molecule has 0 bridgehead atoms. The van der Waals surface area contributed by atoms with E-state index in [1.807, 2.05) is 6.07 Å². The molecule has 0 amide bonds. The van der Waals surface area contributed by atoms with Gasteiger partial charge in [-0.1, -0.05) is 0 Å². The molecule has 3 nitrogen and oxygen atoms in total. The van der Waals surface area contributed by atoms with Gasteiger partial charge in [0.05, 0.1) is 6.20 Å². The Labute approximate surface area is 107 Å². The molecule has 2 aromatic heterocycles. The molecule has 2 heterocycles. The first-order valence-corrected chi connectivity index (χ1v) is 5.90. The number of pyridine rings is 2. The van der Waals surface area contributed by atoms with Crippen LogP contribution in [0.3, 0.4) is 0 Å². The Morgan fingerprint density at radius 3 is 2.82 bits per heavy atom. The highest BCUT2D eigenvalue weighted by Gasteiger charge is 2.12. The van der Waals surface area contributed by atoms with E-state index in [0.717, 1.165) is 10.0 Å². The van der Waals surface area contributed by atoms with Crippen LogP contribution in [0.2, 0.25) is 0 Å². The zero-order valence-corrected chi connectivity index (χ0v) is 10.6. The Morgan fingerprint density at radius 2 is 2.12 bits per heavy atom. The predicted molar refractivity (Wildman–Crippen MR) is 66.8 cm³/mol. The minimum absolute atomic E-state index is 0.372. The molecule has 0 aliphatic rings. The van der Waals surface area contributed by atoms with Crippen LogP contribution < -0.4 is 5.73 Å². The molecule has 2 rings (SSSR count). The highest BCUT2D eigenvalue weighted by atomic mass is 79.9. The van der Waals surface area contributed by atoms with Crippen LogP contribution in [0.25, 0.3) is 0 Å². The summed E-state index contributed by atoms with van der Waals surface area (Å²) < 4.78 is 14.3. The molecule has 1 unspecified atom stereocenters. The van der Waals surface area contributed by atoms with Gasteiger partial charge in [0.1, 0.15) is 5.82 Å². The fraction of sp³-hybridized carbons (Fsp3) is 0.167. The molecule has 88 valence electrons. The van der Waals surface area contributed by atoms with Crippen LogP contribution >= 0.6 is 15.9 Å². The first-order chi connectivity index (χ1) is 8.16. The van der Waals surface area contributed by atoms with Crippen molar-refractivity contribution in [1.29, 1.82) is 0 Å². The first-order valence-electron chi connectivity index (χ1n) is 5.11. The minimum Gasteiger partial charge on any atom is -0.324 e. The summed E-state index contributed by atoms with van der Waals surface area (Å²) in [7, 11) is 0. The number of halogens is 2. The standard InChI is InChI=1S/C12H11BrFN3/c13-9-3-8(5-17-6-9)4-12(15)10-1-2-16-7-11(10)14/h1-3,5-7,12H,4,15H2. The second-order valence-electron chi connectivity index (χ2n) is 3.72. The average Bonchev–Trinajstić information content (AvgIpc) is 2.29. The Bertz CT molecular complexity index is 519. The monoisotopic (exact) mass is 295 g/mol. The van der Waals surface area contributed by atoms with E-state index in [2.05, 4.69) is 25.9 Å². The summed E-state index contributed by atoms with van der Waals surface area (Å²) in [5.74, 6) is -0.372. The van der Waals surface area contributed by atoms with Gasteiger partial charge in [-0.25, -0.2) is 4.39 Å². The highest BCUT2D eigenvalue weighted by Crippen LogP contribution is 2.19. The van der Waals surface area contributed by atoms with Gasteiger partial charge in [-0.05, 0) is 40.0 Å². The highest BCUT2D eigenvalue weighted by molar-refractivity contribution is 9.10. The van der Waals surface area contributed by atoms with E-state index in [1.165, 1.54) is 12.4 Å². The van der Waals surface area contributed by atoms with E-state index in [9.17, 15) is 4.39 Å². The molecule has 0 aromatic carbocycles. The summed E-state index contributed by atoms with van der Waals surface area (Å²) >= 11 is 3.34. The predicted octanol–water partition coefficient (Wildman–Crippen LogP) is 2.62. The van der Waals surface area contributed by atoms with Gasteiger partial charge in [-0.2, -0.15) is 0 Å². The van der Waals surface area contributed by atoms with E-state index in [-0.39, 0.29) is 5.82 Å². The molecule has 17 heavy (non-hydrogen) atoms. The van der Waals surface area contributed by atoms with Crippen molar-refractivity contribution in [2.45, 2.75) is 12.5 Å².